The first kappa shape index (κ1) is 16.3. The number of ether oxygens (including phenoxy) is 1. The Morgan fingerprint density at radius 2 is 1.85 bits per heavy atom. The van der Waals surface area contributed by atoms with Gasteiger partial charge in [-0.3, -0.25) is 4.79 Å². The number of carbonyl (C=O) groups is 1. The maximum absolute atomic E-state index is 12.5. The normalized spacial score (nSPS) is 18.4. The molecule has 2 aromatic carbocycles. The molecule has 0 aliphatic heterocycles. The highest BCUT2D eigenvalue weighted by Gasteiger charge is 2.43. The van der Waals surface area contributed by atoms with Gasteiger partial charge in [0.25, 0.3) is 0 Å². The van der Waals surface area contributed by atoms with Gasteiger partial charge >= 0.3 is 0 Å². The molecule has 1 heterocycles. The first-order chi connectivity index (χ1) is 12.6. The zero-order valence-electron chi connectivity index (χ0n) is 14.6. The quantitative estimate of drug-likeness (QED) is 0.758. The van der Waals surface area contributed by atoms with Crippen LogP contribution in [0, 0.1) is 12.8 Å². The molecule has 6 heteroatoms. The molecule has 1 fully saturated rings. The van der Waals surface area contributed by atoms with Crippen LogP contribution in [0.3, 0.4) is 0 Å². The second-order valence-corrected chi connectivity index (χ2v) is 6.41. The summed E-state index contributed by atoms with van der Waals surface area (Å²) in [6.07, 6.45) is 0.873. The van der Waals surface area contributed by atoms with E-state index >= 15 is 0 Å². The number of nitrogens with zero attached hydrogens (tertiary/aromatic N) is 2. The number of rotatable bonds is 5. The maximum atomic E-state index is 12.5. The Kier molecular flexibility index (Phi) is 4.16. The second kappa shape index (κ2) is 6.63. The topological polar surface area (TPSA) is 77.2 Å². The molecule has 0 radical (unpaired) electrons. The van der Waals surface area contributed by atoms with E-state index in [4.69, 9.17) is 9.15 Å². The van der Waals surface area contributed by atoms with Crippen molar-refractivity contribution in [1.29, 1.82) is 0 Å². The van der Waals surface area contributed by atoms with E-state index in [-0.39, 0.29) is 17.7 Å². The van der Waals surface area contributed by atoms with Crippen LogP contribution < -0.4 is 10.1 Å². The average molecular weight is 349 g/mol. The van der Waals surface area contributed by atoms with E-state index in [9.17, 15) is 4.79 Å². The lowest BCUT2D eigenvalue weighted by Gasteiger charge is -2.06. The number of aromatic nitrogens is 2. The molecule has 132 valence electrons. The SMILES string of the molecule is COc1ccc([C@@H]2C[C@@H]2C(=O)Nc2ccc(-c3nnc(C)o3)cc2)cc1. The fraction of sp³-hybridized carbons (Fsp3) is 0.250. The van der Waals surface area contributed by atoms with Crippen LogP contribution in [0.1, 0.15) is 23.8 Å². The maximum Gasteiger partial charge on any atom is 0.247 e. The number of aryl methyl sites for hydroxylation is 1. The molecule has 4 rings (SSSR count). The van der Waals surface area contributed by atoms with Gasteiger partial charge in [0.05, 0.1) is 7.11 Å². The van der Waals surface area contributed by atoms with Gasteiger partial charge in [0.15, 0.2) is 0 Å². The van der Waals surface area contributed by atoms with Crippen LogP contribution in [0.25, 0.3) is 11.5 Å². The minimum absolute atomic E-state index is 0.0154. The summed E-state index contributed by atoms with van der Waals surface area (Å²) in [5.74, 6) is 2.17. The Hall–Kier alpha value is -3.15. The summed E-state index contributed by atoms with van der Waals surface area (Å²) in [5, 5.41) is 10.8. The molecular weight excluding hydrogens is 330 g/mol. The molecule has 0 bridgehead atoms. The van der Waals surface area contributed by atoms with Crippen LogP contribution in [-0.2, 0) is 4.79 Å². The number of amides is 1. The van der Waals surface area contributed by atoms with Gasteiger partial charge in [0.1, 0.15) is 5.75 Å². The Bertz CT molecular complexity index is 916. The van der Waals surface area contributed by atoms with Gasteiger partial charge in [-0.05, 0) is 54.3 Å². The molecule has 0 unspecified atom stereocenters. The highest BCUT2D eigenvalue weighted by Crippen LogP contribution is 2.48. The van der Waals surface area contributed by atoms with Crippen molar-refractivity contribution in [2.45, 2.75) is 19.3 Å². The highest BCUT2D eigenvalue weighted by atomic mass is 16.5. The molecular formula is C20H19N3O3. The second-order valence-electron chi connectivity index (χ2n) is 6.41. The van der Waals surface area contributed by atoms with Crippen LogP contribution in [0.2, 0.25) is 0 Å². The van der Waals surface area contributed by atoms with Gasteiger partial charge in [-0.1, -0.05) is 12.1 Å². The van der Waals surface area contributed by atoms with E-state index in [0.717, 1.165) is 23.4 Å². The lowest BCUT2D eigenvalue weighted by Crippen LogP contribution is -2.14. The first-order valence-electron chi connectivity index (χ1n) is 8.49. The van der Waals surface area contributed by atoms with Gasteiger partial charge in [-0.15, -0.1) is 10.2 Å². The fourth-order valence-electron chi connectivity index (χ4n) is 3.05. The van der Waals surface area contributed by atoms with E-state index in [0.29, 0.717) is 11.8 Å². The van der Waals surface area contributed by atoms with Crippen molar-refractivity contribution in [3.8, 4) is 17.2 Å². The van der Waals surface area contributed by atoms with Crippen LogP contribution in [0.15, 0.2) is 52.9 Å². The molecule has 6 nitrogen and oxygen atoms in total. The molecule has 0 spiro atoms. The summed E-state index contributed by atoms with van der Waals surface area (Å²) in [6.45, 7) is 1.75. The van der Waals surface area contributed by atoms with Gasteiger partial charge in [0.2, 0.25) is 17.7 Å². The summed E-state index contributed by atoms with van der Waals surface area (Å²) in [4.78, 5) is 12.5. The lowest BCUT2D eigenvalue weighted by atomic mass is 10.1. The van der Waals surface area contributed by atoms with Gasteiger partial charge in [-0.2, -0.15) is 0 Å². The van der Waals surface area contributed by atoms with E-state index in [1.807, 2.05) is 48.5 Å². The molecule has 1 saturated carbocycles. The van der Waals surface area contributed by atoms with Crippen LogP contribution >= 0.6 is 0 Å². The number of hydrogen-bond donors (Lipinski definition) is 1. The zero-order chi connectivity index (χ0) is 18.1. The first-order valence-corrected chi connectivity index (χ1v) is 8.49. The monoisotopic (exact) mass is 349 g/mol. The number of hydrogen-bond acceptors (Lipinski definition) is 5. The minimum Gasteiger partial charge on any atom is -0.497 e. The Balaban J connectivity index is 1.38. The molecule has 1 amide bonds. The molecule has 1 aliphatic carbocycles. The van der Waals surface area contributed by atoms with Crippen LogP contribution in [0.4, 0.5) is 5.69 Å². The molecule has 1 N–H and O–H groups in total. The highest BCUT2D eigenvalue weighted by molar-refractivity contribution is 5.95. The van der Waals surface area contributed by atoms with Crippen molar-refractivity contribution in [3.05, 3.63) is 60.0 Å². The standard InChI is InChI=1S/C20H19N3O3/c1-12-22-23-20(26-12)14-3-7-15(8-4-14)21-19(24)18-11-17(18)13-5-9-16(25-2)10-6-13/h3-10,17-18H,11H2,1-2H3,(H,21,24)/t17-,18-/m0/s1. The van der Waals surface area contributed by atoms with Crippen molar-refractivity contribution in [1.82, 2.24) is 10.2 Å². The Morgan fingerprint density at radius 1 is 1.12 bits per heavy atom. The number of nitrogens with one attached hydrogen (secondary N) is 1. The summed E-state index contributed by atoms with van der Waals surface area (Å²) < 4.78 is 10.6. The minimum atomic E-state index is 0.0154. The van der Waals surface area contributed by atoms with Gasteiger partial charge in [-0.25, -0.2) is 0 Å². The summed E-state index contributed by atoms with van der Waals surface area (Å²) in [6, 6.07) is 15.3. The van der Waals surface area contributed by atoms with Crippen molar-refractivity contribution in [3.63, 3.8) is 0 Å². The van der Waals surface area contributed by atoms with Gasteiger partial charge < -0.3 is 14.5 Å². The number of benzene rings is 2. The van der Waals surface area contributed by atoms with Crippen molar-refractivity contribution < 1.29 is 13.9 Å². The third-order valence-electron chi connectivity index (χ3n) is 4.60. The number of methoxy groups -OCH3 is 1. The predicted octanol–water partition coefficient (Wildman–Crippen LogP) is 3.80. The number of carbonyl (C=O) groups excluding carboxylic acids is 1. The van der Waals surface area contributed by atoms with E-state index < -0.39 is 0 Å². The molecule has 3 aromatic rings. The lowest BCUT2D eigenvalue weighted by molar-refractivity contribution is -0.117. The molecule has 1 aromatic heterocycles. The van der Waals surface area contributed by atoms with E-state index in [2.05, 4.69) is 15.5 Å². The zero-order valence-corrected chi connectivity index (χ0v) is 14.6. The summed E-state index contributed by atoms with van der Waals surface area (Å²) in [5.41, 5.74) is 2.76. The van der Waals surface area contributed by atoms with Crippen LogP contribution in [-0.4, -0.2) is 23.2 Å². The summed E-state index contributed by atoms with van der Waals surface area (Å²) in [7, 11) is 1.65. The largest absolute Gasteiger partial charge is 0.497 e. The van der Waals surface area contributed by atoms with Gasteiger partial charge in [0, 0.05) is 24.1 Å². The molecule has 2 atom stereocenters. The van der Waals surface area contributed by atoms with E-state index in [1.54, 1.807) is 14.0 Å². The average Bonchev–Trinajstić information content (AvgIpc) is 3.36. The van der Waals surface area contributed by atoms with Crippen LogP contribution in [0.5, 0.6) is 5.75 Å². The van der Waals surface area contributed by atoms with Crippen molar-refractivity contribution in [2.75, 3.05) is 12.4 Å². The number of anilines is 1. The third kappa shape index (κ3) is 3.31. The fourth-order valence-corrected chi connectivity index (χ4v) is 3.05. The Labute approximate surface area is 151 Å². The summed E-state index contributed by atoms with van der Waals surface area (Å²) >= 11 is 0. The predicted molar refractivity (Wildman–Crippen MR) is 96.9 cm³/mol. The molecule has 1 aliphatic rings. The Morgan fingerprint density at radius 3 is 2.46 bits per heavy atom. The van der Waals surface area contributed by atoms with Crippen molar-refractivity contribution >= 4 is 11.6 Å². The third-order valence-corrected chi connectivity index (χ3v) is 4.60. The van der Waals surface area contributed by atoms with Crippen molar-refractivity contribution in [2.24, 2.45) is 5.92 Å². The molecule has 0 saturated heterocycles. The smallest absolute Gasteiger partial charge is 0.247 e. The van der Waals surface area contributed by atoms with E-state index in [1.165, 1.54) is 5.56 Å². The molecule has 26 heavy (non-hydrogen) atoms.